The van der Waals surface area contributed by atoms with Crippen LogP contribution < -0.4 is 15.5 Å². The topological polar surface area (TPSA) is 122 Å². The van der Waals surface area contributed by atoms with Crippen molar-refractivity contribution in [3.63, 3.8) is 0 Å². The number of imide groups is 2. The fraction of sp³-hybridized carbons (Fsp3) is 0.421. The summed E-state index contributed by atoms with van der Waals surface area (Å²) in [6.45, 7) is 9.48. The van der Waals surface area contributed by atoms with Gasteiger partial charge in [0.1, 0.15) is 11.3 Å². The molecule has 1 aromatic rings. The molecule has 2 N–H and O–H groups in total. The fourth-order valence-corrected chi connectivity index (χ4v) is 2.97. The number of hydrogen-bond donors (Lipinski definition) is 2. The summed E-state index contributed by atoms with van der Waals surface area (Å²) in [5.74, 6) is -1.07. The van der Waals surface area contributed by atoms with E-state index in [9.17, 15) is 24.5 Å². The Labute approximate surface area is 162 Å². The van der Waals surface area contributed by atoms with Crippen LogP contribution in [0.25, 0.3) is 6.08 Å². The van der Waals surface area contributed by atoms with Gasteiger partial charge in [-0.25, -0.2) is 4.79 Å². The summed E-state index contributed by atoms with van der Waals surface area (Å²) in [5.41, 5.74) is 0.410. The quantitative estimate of drug-likeness (QED) is 0.320. The van der Waals surface area contributed by atoms with Crippen molar-refractivity contribution in [1.82, 2.24) is 10.6 Å². The van der Waals surface area contributed by atoms with Crippen LogP contribution in [0.1, 0.15) is 33.3 Å². The third-order valence-electron chi connectivity index (χ3n) is 3.96. The second-order valence-corrected chi connectivity index (χ2v) is 7.49. The van der Waals surface area contributed by atoms with E-state index in [-0.39, 0.29) is 11.3 Å². The Balaban J connectivity index is 2.45. The van der Waals surface area contributed by atoms with Crippen LogP contribution in [-0.4, -0.2) is 35.9 Å². The van der Waals surface area contributed by atoms with Crippen LogP contribution in [0.3, 0.4) is 0 Å². The van der Waals surface area contributed by atoms with E-state index >= 15 is 0 Å². The van der Waals surface area contributed by atoms with Crippen molar-refractivity contribution in [2.75, 3.05) is 18.0 Å². The maximum atomic E-state index is 11.9. The number of urea groups is 1. The average molecular weight is 388 g/mol. The SMILES string of the molecule is CC(C)CN(CC(C)C)c1ccc(C=C2C(=O)NC(=O)NC2=O)cc1[N+](=O)[O-]. The molecule has 0 saturated carbocycles. The predicted octanol–water partition coefficient (Wildman–Crippen LogP) is 2.46. The van der Waals surface area contributed by atoms with Crippen molar-refractivity contribution in [1.29, 1.82) is 0 Å². The highest BCUT2D eigenvalue weighted by atomic mass is 16.6. The highest BCUT2D eigenvalue weighted by Gasteiger charge is 2.28. The third kappa shape index (κ3) is 5.15. The van der Waals surface area contributed by atoms with Crippen LogP contribution in [-0.2, 0) is 9.59 Å². The molecule has 9 nitrogen and oxygen atoms in total. The second-order valence-electron chi connectivity index (χ2n) is 7.49. The van der Waals surface area contributed by atoms with Gasteiger partial charge in [-0.15, -0.1) is 0 Å². The number of hydrogen-bond acceptors (Lipinski definition) is 6. The maximum Gasteiger partial charge on any atom is 0.328 e. The van der Waals surface area contributed by atoms with E-state index in [0.29, 0.717) is 36.2 Å². The normalized spacial score (nSPS) is 14.2. The molecule has 0 unspecified atom stereocenters. The first kappa shape index (κ1) is 21.1. The van der Waals surface area contributed by atoms with Gasteiger partial charge in [-0.3, -0.25) is 30.3 Å². The third-order valence-corrected chi connectivity index (χ3v) is 3.96. The zero-order chi connectivity index (χ0) is 21.0. The Morgan fingerprint density at radius 2 is 1.57 bits per heavy atom. The lowest BCUT2D eigenvalue weighted by Gasteiger charge is -2.28. The molecule has 0 bridgehead atoms. The van der Waals surface area contributed by atoms with E-state index in [1.165, 1.54) is 12.1 Å². The molecule has 0 spiro atoms. The van der Waals surface area contributed by atoms with Gasteiger partial charge < -0.3 is 4.90 Å². The molecule has 1 aliphatic heterocycles. The van der Waals surface area contributed by atoms with Crippen LogP contribution in [0, 0.1) is 22.0 Å². The van der Waals surface area contributed by atoms with Crippen LogP contribution in [0.4, 0.5) is 16.2 Å². The van der Waals surface area contributed by atoms with Crippen molar-refractivity contribution in [2.24, 2.45) is 11.8 Å². The van der Waals surface area contributed by atoms with Gasteiger partial charge in [0.05, 0.1) is 4.92 Å². The number of amides is 4. The molecule has 4 amide bonds. The van der Waals surface area contributed by atoms with Crippen molar-refractivity contribution < 1.29 is 19.3 Å². The number of nitro groups is 1. The minimum atomic E-state index is -0.897. The van der Waals surface area contributed by atoms with Gasteiger partial charge in [0.15, 0.2) is 0 Å². The van der Waals surface area contributed by atoms with Gasteiger partial charge >= 0.3 is 6.03 Å². The van der Waals surface area contributed by atoms with Crippen molar-refractivity contribution >= 4 is 35.3 Å². The van der Waals surface area contributed by atoms with Gasteiger partial charge in [-0.2, -0.15) is 0 Å². The van der Waals surface area contributed by atoms with Gasteiger partial charge in [0.2, 0.25) is 0 Å². The van der Waals surface area contributed by atoms with Gasteiger partial charge in [0.25, 0.3) is 17.5 Å². The number of barbiturate groups is 1. The van der Waals surface area contributed by atoms with Crippen LogP contribution in [0.15, 0.2) is 23.8 Å². The number of nitrogens with zero attached hydrogens (tertiary/aromatic N) is 2. The molecule has 150 valence electrons. The van der Waals surface area contributed by atoms with Crippen molar-refractivity contribution in [3.05, 3.63) is 39.4 Å². The number of nitro benzene ring substituents is 1. The van der Waals surface area contributed by atoms with E-state index in [2.05, 4.69) is 0 Å². The fourth-order valence-electron chi connectivity index (χ4n) is 2.97. The molecule has 1 aliphatic rings. The largest absolute Gasteiger partial charge is 0.365 e. The first-order chi connectivity index (χ1) is 13.1. The molecule has 0 aromatic heterocycles. The summed E-state index contributed by atoms with van der Waals surface area (Å²) < 4.78 is 0. The molecular weight excluding hydrogens is 364 g/mol. The smallest absolute Gasteiger partial charge is 0.328 e. The Morgan fingerprint density at radius 3 is 2.04 bits per heavy atom. The molecule has 1 aromatic carbocycles. The molecule has 28 heavy (non-hydrogen) atoms. The zero-order valence-electron chi connectivity index (χ0n) is 16.3. The highest BCUT2D eigenvalue weighted by Crippen LogP contribution is 2.31. The predicted molar refractivity (Wildman–Crippen MR) is 105 cm³/mol. The van der Waals surface area contributed by atoms with Gasteiger partial charge in [0, 0.05) is 19.2 Å². The van der Waals surface area contributed by atoms with E-state index < -0.39 is 22.8 Å². The van der Waals surface area contributed by atoms with Crippen LogP contribution in [0.5, 0.6) is 0 Å². The summed E-state index contributed by atoms with van der Waals surface area (Å²) in [7, 11) is 0. The molecule has 1 fully saturated rings. The number of nitrogens with one attached hydrogen (secondary N) is 2. The first-order valence-electron chi connectivity index (χ1n) is 9.00. The van der Waals surface area contributed by atoms with Crippen molar-refractivity contribution in [2.45, 2.75) is 27.7 Å². The Kier molecular flexibility index (Phi) is 6.50. The standard InChI is InChI=1S/C19H24N4O5/c1-11(2)9-22(10-12(3)4)15-6-5-13(8-16(15)23(27)28)7-14-17(24)20-19(26)21-18(14)25/h5-8,11-12H,9-10H2,1-4H3,(H2,20,21,24,25,26). The summed E-state index contributed by atoms with van der Waals surface area (Å²) >= 11 is 0. The van der Waals surface area contributed by atoms with Gasteiger partial charge in [-0.1, -0.05) is 33.8 Å². The minimum absolute atomic E-state index is 0.108. The Bertz CT molecular complexity index is 813. The number of carbonyl (C=O) groups excluding carboxylic acids is 3. The Morgan fingerprint density at radius 1 is 1.04 bits per heavy atom. The molecule has 0 radical (unpaired) electrons. The summed E-state index contributed by atoms with van der Waals surface area (Å²) in [6.07, 6.45) is 1.23. The molecule has 9 heteroatoms. The molecular formula is C19H24N4O5. The molecule has 1 saturated heterocycles. The maximum absolute atomic E-state index is 11.9. The zero-order valence-corrected chi connectivity index (χ0v) is 16.3. The molecule has 2 rings (SSSR count). The van der Waals surface area contributed by atoms with Crippen LogP contribution in [0.2, 0.25) is 0 Å². The molecule has 0 atom stereocenters. The van der Waals surface area contributed by atoms with E-state index in [1.807, 2.05) is 43.2 Å². The number of rotatable bonds is 7. The van der Waals surface area contributed by atoms with E-state index in [0.717, 1.165) is 0 Å². The van der Waals surface area contributed by atoms with Crippen LogP contribution >= 0.6 is 0 Å². The van der Waals surface area contributed by atoms with Crippen molar-refractivity contribution in [3.8, 4) is 0 Å². The summed E-state index contributed by atoms with van der Waals surface area (Å²) in [6, 6.07) is 3.66. The summed E-state index contributed by atoms with van der Waals surface area (Å²) in [4.78, 5) is 48.0. The Hall–Kier alpha value is -3.23. The van der Waals surface area contributed by atoms with E-state index in [1.54, 1.807) is 12.1 Å². The summed E-state index contributed by atoms with van der Waals surface area (Å²) in [5, 5.41) is 15.6. The molecule has 0 aliphatic carbocycles. The lowest BCUT2D eigenvalue weighted by atomic mass is 10.1. The number of carbonyl (C=O) groups is 3. The van der Waals surface area contributed by atoms with Gasteiger partial charge in [-0.05, 0) is 29.5 Å². The lowest BCUT2D eigenvalue weighted by molar-refractivity contribution is -0.384. The first-order valence-corrected chi connectivity index (χ1v) is 9.00. The molecule has 1 heterocycles. The minimum Gasteiger partial charge on any atom is -0.365 e. The second kappa shape index (κ2) is 8.64. The van der Waals surface area contributed by atoms with E-state index in [4.69, 9.17) is 0 Å². The monoisotopic (exact) mass is 388 g/mol. The average Bonchev–Trinajstić information content (AvgIpc) is 2.56. The number of anilines is 1. The number of benzene rings is 1. The lowest BCUT2D eigenvalue weighted by Crippen LogP contribution is -2.51. The highest BCUT2D eigenvalue weighted by molar-refractivity contribution is 6.31.